The van der Waals surface area contributed by atoms with Crippen LogP contribution in [0.2, 0.25) is 0 Å². The predicted octanol–water partition coefficient (Wildman–Crippen LogP) is 25.1. The fraction of sp³-hybridized carbons (Fsp3) is 0.0488. The number of nitrogens with zero attached hydrogens (tertiary/aromatic N) is 10. The second kappa shape index (κ2) is 31.2. The minimum atomic E-state index is -4.49. The molecule has 0 radical (unpaired) electrons. The molecular weight excluding hydrogens is 1590 g/mol. The van der Waals surface area contributed by atoms with Gasteiger partial charge in [-0.15, -0.1) is 45.3 Å². The summed E-state index contributed by atoms with van der Waals surface area (Å²) in [7, 11) is 0. The Morgan fingerprint density at radius 3 is 1.09 bits per heavy atom. The third kappa shape index (κ3) is 16.2. The quantitative estimate of drug-likeness (QED) is 0.0964. The summed E-state index contributed by atoms with van der Waals surface area (Å²) in [5.74, 6) is 1.60. The number of imidazole rings is 1. The summed E-state index contributed by atoms with van der Waals surface area (Å²) in [5, 5.41) is 18.7. The fourth-order valence-corrected chi connectivity index (χ4v) is 16.2. The van der Waals surface area contributed by atoms with E-state index in [1.807, 2.05) is 78.9 Å². The van der Waals surface area contributed by atoms with Crippen LogP contribution in [0.4, 0.5) is 58.5 Å². The zero-order valence-corrected chi connectivity index (χ0v) is 61.4. The molecule has 4 N–H and O–H groups in total. The summed E-state index contributed by atoms with van der Waals surface area (Å²) in [6.07, 6.45) is -13.1. The number of rotatable bonds is 12. The van der Waals surface area contributed by atoms with Gasteiger partial charge in [0.15, 0.2) is 0 Å². The Kier molecular flexibility index (Phi) is 20.5. The zero-order chi connectivity index (χ0) is 79.8. The average molecular weight is 1630 g/mol. The van der Waals surface area contributed by atoms with Crippen molar-refractivity contribution in [1.29, 1.82) is 0 Å². The van der Waals surface area contributed by atoms with Crippen LogP contribution in [-0.2, 0) is 24.7 Å². The van der Waals surface area contributed by atoms with Gasteiger partial charge in [-0.1, -0.05) is 203 Å². The summed E-state index contributed by atoms with van der Waals surface area (Å²) in [4.78, 5) is 29.8. The molecule has 0 aliphatic carbocycles. The SMILES string of the molecule is FC(F)(F)c1sc(-c2nc(-c3cccc4[nH]ccc34)no2)cc1-c1ccccc1.FC(F)(F)c1sc(-c2nc(-c3cccc4[nH]cnc34)no2)cc1-c1ccccc1.FC(F)(F)c1sc(-c2nc(-c3cccc4ccccc34)no2)cc1-c1ccccc1.Nc1cc(-c2noc(-c3cc(-c4ccccc4)c(C(F)(F)F)s3)n2)ccn1. The fourth-order valence-electron chi connectivity index (χ4n) is 12.3. The second-order valence-corrected chi connectivity index (χ2v) is 29.1. The number of nitrogens with one attached hydrogen (secondary N) is 2. The van der Waals surface area contributed by atoms with Gasteiger partial charge in [-0.25, -0.2) is 9.97 Å². The molecule has 572 valence electrons. The number of anilines is 1. The minimum Gasteiger partial charge on any atom is -0.384 e. The number of benzene rings is 8. The molecular formula is C82H47F12N13O4S4. The number of hydrogen-bond donors (Lipinski definition) is 3. The molecule has 19 rings (SSSR count). The van der Waals surface area contributed by atoms with E-state index in [0.29, 0.717) is 95.9 Å². The summed E-state index contributed by atoms with van der Waals surface area (Å²) in [6.45, 7) is 0. The van der Waals surface area contributed by atoms with Crippen molar-refractivity contribution in [2.24, 2.45) is 0 Å². The molecule has 0 amide bonds. The molecule has 17 nitrogen and oxygen atoms in total. The number of aromatic amines is 2. The van der Waals surface area contributed by atoms with E-state index in [1.54, 1.807) is 152 Å². The molecule has 0 spiro atoms. The third-order valence-electron chi connectivity index (χ3n) is 17.4. The number of thiophene rings is 4. The molecule has 0 atom stereocenters. The molecule has 11 aromatic heterocycles. The average Bonchev–Trinajstić information content (AvgIpc) is 1.65. The van der Waals surface area contributed by atoms with Crippen molar-refractivity contribution in [2.75, 3.05) is 5.73 Å². The molecule has 0 fully saturated rings. The highest BCUT2D eigenvalue weighted by atomic mass is 32.1. The Balaban J connectivity index is 0.000000115. The normalized spacial score (nSPS) is 11.9. The topological polar surface area (TPSA) is 239 Å². The molecule has 0 unspecified atom stereocenters. The highest BCUT2D eigenvalue weighted by Gasteiger charge is 2.41. The van der Waals surface area contributed by atoms with E-state index in [2.05, 4.69) is 60.5 Å². The van der Waals surface area contributed by atoms with E-state index in [0.717, 1.165) is 38.3 Å². The lowest BCUT2D eigenvalue weighted by Crippen LogP contribution is -2.03. The van der Waals surface area contributed by atoms with Gasteiger partial charge in [0, 0.05) is 62.2 Å². The van der Waals surface area contributed by atoms with Gasteiger partial charge in [0.25, 0.3) is 23.6 Å². The first kappa shape index (κ1) is 75.5. The molecule has 11 heterocycles. The number of hydrogen-bond acceptors (Lipinski definition) is 19. The molecule has 0 bridgehead atoms. The molecule has 0 aliphatic rings. The predicted molar refractivity (Wildman–Crippen MR) is 415 cm³/mol. The third-order valence-corrected chi connectivity index (χ3v) is 22.1. The lowest BCUT2D eigenvalue weighted by atomic mass is 10.0. The Hall–Kier alpha value is -13.5. The summed E-state index contributed by atoms with van der Waals surface area (Å²) >= 11 is 2.36. The number of nitrogen functional groups attached to an aromatic ring is 1. The standard InChI is InChI=1S/C23H13F3N2OS.C21H12F3N3OS.C20H11F3N4OS.C18H11F3N4OS/c24-23(25,26)20-18(15-7-2-1-3-8-15)13-19(30-20)22-27-21(28-29-22)17-12-6-10-14-9-4-5-11-16(14)17;22-21(23,24)18-15(12-5-2-1-3-6-12)11-17(29-18)20-26-19(27-28-20)14-7-4-8-16-13(14)9-10-25-16;21-20(22,23)17-13(11-5-2-1-3-6-11)9-15(29-17)19-26-18(27-28-19)12-7-4-8-14-16(12)25-10-24-14;19-18(20,21)15-12(10-4-2-1-3-5-10)9-13(27-15)17-24-16(25-26-17)11-6-7-23-14(22)8-11/h1-13H;1-11,25H;1-10H,(H,24,25);1-9H,(H2,22,23). The maximum Gasteiger partial charge on any atom is 0.426 e. The van der Waals surface area contributed by atoms with Gasteiger partial charge < -0.3 is 33.8 Å². The maximum atomic E-state index is 13.7. The summed E-state index contributed by atoms with van der Waals surface area (Å²) < 4.78 is 184. The lowest BCUT2D eigenvalue weighted by molar-refractivity contribution is -0.134. The lowest BCUT2D eigenvalue weighted by Gasteiger charge is -2.07. The van der Waals surface area contributed by atoms with Gasteiger partial charge in [0.05, 0.1) is 42.4 Å². The van der Waals surface area contributed by atoms with Crippen LogP contribution >= 0.6 is 45.3 Å². The van der Waals surface area contributed by atoms with Crippen molar-refractivity contribution in [3.05, 3.63) is 281 Å². The van der Waals surface area contributed by atoms with E-state index < -0.39 is 44.2 Å². The first-order valence-electron chi connectivity index (χ1n) is 34.0. The van der Waals surface area contributed by atoms with Gasteiger partial charge in [-0.3, -0.25) is 0 Å². The van der Waals surface area contributed by atoms with Crippen LogP contribution in [-0.4, -0.2) is 60.5 Å². The molecule has 0 saturated heterocycles. The van der Waals surface area contributed by atoms with Crippen LogP contribution in [0, 0.1) is 0 Å². The van der Waals surface area contributed by atoms with Crippen LogP contribution in [0.25, 0.3) is 166 Å². The molecule has 33 heteroatoms. The van der Waals surface area contributed by atoms with E-state index in [4.69, 9.17) is 23.8 Å². The maximum absolute atomic E-state index is 13.7. The van der Waals surface area contributed by atoms with Crippen LogP contribution < -0.4 is 5.73 Å². The largest absolute Gasteiger partial charge is 0.426 e. The van der Waals surface area contributed by atoms with Gasteiger partial charge in [0.2, 0.25) is 23.3 Å². The molecule has 0 saturated carbocycles. The number of H-pyrrole nitrogens is 2. The summed E-state index contributed by atoms with van der Waals surface area (Å²) in [6, 6.07) is 69.1. The van der Waals surface area contributed by atoms with Crippen molar-refractivity contribution in [3.63, 3.8) is 0 Å². The van der Waals surface area contributed by atoms with Gasteiger partial charge in [-0.05, 0) is 93.7 Å². The van der Waals surface area contributed by atoms with Crippen molar-refractivity contribution in [1.82, 2.24) is 60.5 Å². The van der Waals surface area contributed by atoms with Crippen LogP contribution in [0.3, 0.4) is 0 Å². The molecule has 0 aliphatic heterocycles. The smallest absolute Gasteiger partial charge is 0.384 e. The molecule has 115 heavy (non-hydrogen) atoms. The number of para-hydroxylation sites is 1. The Morgan fingerprint density at radius 1 is 0.304 bits per heavy atom. The highest BCUT2D eigenvalue weighted by Crippen LogP contribution is 2.51. The molecule has 19 aromatic rings. The molecule has 8 aromatic carbocycles. The second-order valence-electron chi connectivity index (χ2n) is 24.9. The zero-order valence-electron chi connectivity index (χ0n) is 58.2. The number of nitrogens with two attached hydrogens (primary N) is 1. The van der Waals surface area contributed by atoms with E-state index in [1.165, 1.54) is 30.5 Å². The first-order valence-corrected chi connectivity index (χ1v) is 37.3. The monoisotopic (exact) mass is 1630 g/mol. The number of fused-ring (bicyclic) bond motifs is 3. The van der Waals surface area contributed by atoms with Gasteiger partial charge in [0.1, 0.15) is 25.3 Å². The van der Waals surface area contributed by atoms with E-state index >= 15 is 0 Å². The van der Waals surface area contributed by atoms with Crippen LogP contribution in [0.1, 0.15) is 19.5 Å². The van der Waals surface area contributed by atoms with Crippen molar-refractivity contribution in [3.8, 4) is 133 Å². The number of halogens is 12. The van der Waals surface area contributed by atoms with Gasteiger partial charge >= 0.3 is 24.7 Å². The first-order chi connectivity index (χ1) is 55.4. The van der Waals surface area contributed by atoms with Crippen LogP contribution in [0.15, 0.2) is 279 Å². The van der Waals surface area contributed by atoms with E-state index in [9.17, 15) is 52.7 Å². The van der Waals surface area contributed by atoms with Crippen molar-refractivity contribution >= 4 is 83.9 Å². The van der Waals surface area contributed by atoms with E-state index in [-0.39, 0.29) is 82.8 Å². The Bertz CT molecular complexity index is 6410. The van der Waals surface area contributed by atoms with Crippen LogP contribution in [0.5, 0.6) is 0 Å². The number of aromatic nitrogens is 12. The number of pyridine rings is 1. The highest BCUT2D eigenvalue weighted by molar-refractivity contribution is 7.17. The van der Waals surface area contributed by atoms with Crippen molar-refractivity contribution in [2.45, 2.75) is 24.7 Å². The van der Waals surface area contributed by atoms with Gasteiger partial charge in [-0.2, -0.15) is 72.6 Å². The van der Waals surface area contributed by atoms with Crippen molar-refractivity contribution < 1.29 is 70.8 Å². The Morgan fingerprint density at radius 2 is 0.661 bits per heavy atom. The number of alkyl halides is 12. The Labute approximate surface area is 655 Å². The summed E-state index contributed by atoms with van der Waals surface area (Å²) in [5.41, 5.74) is 13.0. The minimum absolute atomic E-state index is 0.0121.